The highest BCUT2D eigenvalue weighted by Gasteiger charge is 2.27. The summed E-state index contributed by atoms with van der Waals surface area (Å²) in [4.78, 5) is 27.9. The van der Waals surface area contributed by atoms with Gasteiger partial charge < -0.3 is 9.80 Å². The van der Waals surface area contributed by atoms with Crippen molar-refractivity contribution in [1.29, 1.82) is 0 Å². The van der Waals surface area contributed by atoms with Gasteiger partial charge in [-0.15, -0.1) is 0 Å². The molecule has 0 atom stereocenters. The molecule has 7 rings (SSSR count). The van der Waals surface area contributed by atoms with Crippen molar-refractivity contribution in [2.45, 2.75) is 20.3 Å². The number of hydrogen-bond donors (Lipinski definition) is 0. The van der Waals surface area contributed by atoms with Crippen molar-refractivity contribution in [3.8, 4) is 5.69 Å². The fraction of sp³-hybridized carbons (Fsp3) is 0.200. The van der Waals surface area contributed by atoms with E-state index in [0.29, 0.717) is 44.1 Å². The molecule has 0 bridgehead atoms. The van der Waals surface area contributed by atoms with E-state index >= 15 is 0 Å². The van der Waals surface area contributed by atoms with Gasteiger partial charge >= 0.3 is 0 Å². The van der Waals surface area contributed by atoms with Crippen LogP contribution in [0.15, 0.2) is 91.0 Å². The molecule has 0 unspecified atom stereocenters. The molecule has 0 saturated carbocycles. The number of anilines is 1. The maximum Gasteiger partial charge on any atom is 0.254 e. The second-order valence-corrected chi connectivity index (χ2v) is 11.1. The molecule has 1 aliphatic rings. The summed E-state index contributed by atoms with van der Waals surface area (Å²) in [6.07, 6.45) is 0.566. The van der Waals surface area contributed by atoms with Crippen LogP contribution < -0.4 is 4.90 Å². The molecule has 1 fully saturated rings. The topological polar surface area (TPSA) is 67.2 Å². The minimum atomic E-state index is -0.303. The summed E-state index contributed by atoms with van der Waals surface area (Å²) in [6, 6.07) is 28.6. The lowest BCUT2D eigenvalue weighted by atomic mass is 10.0. The lowest BCUT2D eigenvalue weighted by Gasteiger charge is -2.36. The molecular weight excluding hydrogens is 539 g/mol. The number of amides is 1. The highest BCUT2D eigenvalue weighted by molar-refractivity contribution is 6.07. The first-order valence-electron chi connectivity index (χ1n) is 14.5. The van der Waals surface area contributed by atoms with Crippen LogP contribution in [0.25, 0.3) is 27.5 Å². The zero-order chi connectivity index (χ0) is 29.5. The van der Waals surface area contributed by atoms with E-state index in [1.54, 1.807) is 16.8 Å². The van der Waals surface area contributed by atoms with Crippen LogP contribution in [0.5, 0.6) is 0 Å². The highest BCUT2D eigenvalue weighted by Crippen LogP contribution is 2.31. The number of piperazine rings is 1. The molecule has 0 spiro atoms. The number of benzene rings is 4. The molecule has 7 nitrogen and oxygen atoms in total. The van der Waals surface area contributed by atoms with Gasteiger partial charge in [0.25, 0.3) is 5.91 Å². The molecule has 1 amide bonds. The number of aryl methyl sites for hydroxylation is 2. The van der Waals surface area contributed by atoms with Crippen LogP contribution in [0.1, 0.15) is 33.0 Å². The number of rotatable bonds is 5. The quantitative estimate of drug-likeness (QED) is 0.244. The number of carbonyl (C=O) groups excluding carboxylic acids is 1. The molecule has 0 radical (unpaired) electrons. The van der Waals surface area contributed by atoms with Crippen molar-refractivity contribution in [1.82, 2.24) is 24.6 Å². The van der Waals surface area contributed by atoms with Crippen LogP contribution in [-0.4, -0.2) is 56.7 Å². The number of aromatic nitrogens is 4. The third kappa shape index (κ3) is 5.09. The van der Waals surface area contributed by atoms with Gasteiger partial charge in [0.2, 0.25) is 0 Å². The highest BCUT2D eigenvalue weighted by atomic mass is 19.1. The molecule has 43 heavy (non-hydrogen) atoms. The van der Waals surface area contributed by atoms with E-state index in [1.807, 2.05) is 54.3 Å². The predicted octanol–water partition coefficient (Wildman–Crippen LogP) is 6.28. The Hall–Kier alpha value is -5.11. The number of halogens is 1. The molecule has 4 aromatic carbocycles. The lowest BCUT2D eigenvalue weighted by molar-refractivity contribution is 0.0748. The van der Waals surface area contributed by atoms with E-state index in [4.69, 9.17) is 15.1 Å². The molecule has 1 aliphatic heterocycles. The standard InChI is InChI=1S/C35H31FN6O/c1-23-10-12-25(13-11-23)22-31-37-33(32-24(2)39-42(34(32)38-31)28-16-14-27(36)15-17-28)40-18-20-41(21-19-40)35(43)30-9-5-7-26-6-3-4-8-29(26)30/h3-17H,18-22H2,1-2H3. The van der Waals surface area contributed by atoms with E-state index in [-0.39, 0.29) is 11.7 Å². The van der Waals surface area contributed by atoms with Gasteiger partial charge in [-0.3, -0.25) is 4.79 Å². The van der Waals surface area contributed by atoms with Crippen molar-refractivity contribution in [3.63, 3.8) is 0 Å². The third-order valence-corrected chi connectivity index (χ3v) is 8.17. The predicted molar refractivity (Wildman–Crippen MR) is 167 cm³/mol. The van der Waals surface area contributed by atoms with E-state index in [2.05, 4.69) is 36.1 Å². The molecule has 1 saturated heterocycles. The molecular formula is C35H31FN6O. The van der Waals surface area contributed by atoms with E-state index in [1.165, 1.54) is 17.7 Å². The van der Waals surface area contributed by atoms with Crippen molar-refractivity contribution in [2.75, 3.05) is 31.1 Å². The summed E-state index contributed by atoms with van der Waals surface area (Å²) in [5.41, 5.74) is 5.26. The summed E-state index contributed by atoms with van der Waals surface area (Å²) < 4.78 is 15.5. The first kappa shape index (κ1) is 26.8. The Kier molecular flexibility index (Phi) is 6.81. The van der Waals surface area contributed by atoms with Gasteiger partial charge in [0, 0.05) is 38.2 Å². The Morgan fingerprint density at radius 3 is 2.30 bits per heavy atom. The van der Waals surface area contributed by atoms with Crippen molar-refractivity contribution < 1.29 is 9.18 Å². The fourth-order valence-electron chi connectivity index (χ4n) is 5.87. The second kappa shape index (κ2) is 10.9. The van der Waals surface area contributed by atoms with Crippen LogP contribution in [0, 0.1) is 19.7 Å². The molecule has 6 aromatic rings. The number of hydrogen-bond acceptors (Lipinski definition) is 5. The molecule has 0 N–H and O–H groups in total. The maximum atomic E-state index is 13.7. The summed E-state index contributed by atoms with van der Waals surface area (Å²) >= 11 is 0. The zero-order valence-corrected chi connectivity index (χ0v) is 24.2. The maximum absolute atomic E-state index is 13.7. The normalized spacial score (nSPS) is 13.7. The van der Waals surface area contributed by atoms with Crippen LogP contribution in [-0.2, 0) is 6.42 Å². The first-order valence-corrected chi connectivity index (χ1v) is 14.5. The molecule has 2 aromatic heterocycles. The van der Waals surface area contributed by atoms with E-state index in [0.717, 1.165) is 44.5 Å². The number of carbonyl (C=O) groups is 1. The van der Waals surface area contributed by atoms with Crippen LogP contribution in [0.3, 0.4) is 0 Å². The lowest BCUT2D eigenvalue weighted by Crippen LogP contribution is -2.49. The van der Waals surface area contributed by atoms with E-state index in [9.17, 15) is 9.18 Å². The first-order chi connectivity index (χ1) is 20.9. The smallest absolute Gasteiger partial charge is 0.254 e. The second-order valence-electron chi connectivity index (χ2n) is 11.1. The van der Waals surface area contributed by atoms with Gasteiger partial charge in [-0.05, 0) is 60.5 Å². The van der Waals surface area contributed by atoms with Gasteiger partial charge in [0.1, 0.15) is 17.5 Å². The molecule has 8 heteroatoms. The summed E-state index contributed by atoms with van der Waals surface area (Å²) in [5.74, 6) is 1.24. The van der Waals surface area contributed by atoms with Crippen LogP contribution in [0.2, 0.25) is 0 Å². The Balaban J connectivity index is 1.23. The van der Waals surface area contributed by atoms with Crippen molar-refractivity contribution in [2.24, 2.45) is 0 Å². The average Bonchev–Trinajstić information content (AvgIpc) is 3.37. The fourth-order valence-corrected chi connectivity index (χ4v) is 5.87. The zero-order valence-electron chi connectivity index (χ0n) is 24.2. The Bertz CT molecular complexity index is 1950. The molecule has 214 valence electrons. The molecule has 0 aliphatic carbocycles. The molecule has 3 heterocycles. The Morgan fingerprint density at radius 1 is 0.814 bits per heavy atom. The monoisotopic (exact) mass is 570 g/mol. The number of nitrogens with zero attached hydrogens (tertiary/aromatic N) is 6. The minimum absolute atomic E-state index is 0.0460. The Labute approximate surface area is 249 Å². The van der Waals surface area contributed by atoms with Crippen LogP contribution >= 0.6 is 0 Å². The van der Waals surface area contributed by atoms with Gasteiger partial charge in [-0.2, -0.15) is 5.10 Å². The Morgan fingerprint density at radius 2 is 1.53 bits per heavy atom. The summed E-state index contributed by atoms with van der Waals surface area (Å²) in [5, 5.41) is 7.72. The van der Waals surface area contributed by atoms with Gasteiger partial charge in [0.15, 0.2) is 5.65 Å². The average molecular weight is 571 g/mol. The van der Waals surface area contributed by atoms with Crippen molar-refractivity contribution in [3.05, 3.63) is 125 Å². The van der Waals surface area contributed by atoms with Gasteiger partial charge in [0.05, 0.1) is 16.8 Å². The van der Waals surface area contributed by atoms with Crippen molar-refractivity contribution >= 4 is 33.5 Å². The summed E-state index contributed by atoms with van der Waals surface area (Å²) in [6.45, 7) is 6.44. The van der Waals surface area contributed by atoms with Gasteiger partial charge in [-0.25, -0.2) is 19.0 Å². The van der Waals surface area contributed by atoms with Gasteiger partial charge in [-0.1, -0.05) is 66.2 Å². The minimum Gasteiger partial charge on any atom is -0.352 e. The SMILES string of the molecule is Cc1ccc(Cc2nc(N3CCN(C(=O)c4cccc5ccccc45)CC3)c3c(C)nn(-c4ccc(F)cc4)c3n2)cc1. The third-order valence-electron chi connectivity index (χ3n) is 8.17. The summed E-state index contributed by atoms with van der Waals surface area (Å²) in [7, 11) is 0. The number of fused-ring (bicyclic) bond motifs is 2. The largest absolute Gasteiger partial charge is 0.352 e. The van der Waals surface area contributed by atoms with E-state index < -0.39 is 0 Å². The van der Waals surface area contributed by atoms with Crippen LogP contribution in [0.4, 0.5) is 10.2 Å².